The van der Waals surface area contributed by atoms with Gasteiger partial charge in [-0.1, -0.05) is 0 Å². The molecule has 0 fully saturated rings. The fourth-order valence-corrected chi connectivity index (χ4v) is 1.16. The second kappa shape index (κ2) is 4.69. The van der Waals surface area contributed by atoms with E-state index in [-0.39, 0.29) is 18.6 Å². The zero-order valence-electron chi connectivity index (χ0n) is 9.62. The predicted molar refractivity (Wildman–Crippen MR) is 61.6 cm³/mol. The van der Waals surface area contributed by atoms with Gasteiger partial charge in [0.2, 0.25) is 11.9 Å². The molecule has 2 rings (SSSR count). The smallest absolute Gasteiger partial charge is 0.323 e. The molecule has 2 aromatic heterocycles. The first-order valence-corrected chi connectivity index (χ1v) is 4.99. The Hall–Kier alpha value is -2.31. The standard InChI is InChI=1S/C10H13N5O2/c1-15(2)9-12-8(11)13-10(14-9)17-6-7-4-3-5-16-7/h3-5H,6H2,1-2H3,(H2,11,12,13,14). The van der Waals surface area contributed by atoms with E-state index in [2.05, 4.69) is 15.0 Å². The van der Waals surface area contributed by atoms with Gasteiger partial charge in [-0.25, -0.2) is 0 Å². The summed E-state index contributed by atoms with van der Waals surface area (Å²) in [6, 6.07) is 3.76. The molecule has 0 aliphatic carbocycles. The molecule has 0 bridgehead atoms. The summed E-state index contributed by atoms with van der Waals surface area (Å²) in [5.74, 6) is 1.26. The first-order valence-electron chi connectivity index (χ1n) is 4.99. The maximum Gasteiger partial charge on any atom is 0.323 e. The van der Waals surface area contributed by atoms with Crippen LogP contribution in [-0.4, -0.2) is 29.0 Å². The molecule has 0 radical (unpaired) electrons. The molecule has 0 atom stereocenters. The fourth-order valence-electron chi connectivity index (χ4n) is 1.16. The molecular formula is C10H13N5O2. The molecule has 2 N–H and O–H groups in total. The molecule has 90 valence electrons. The van der Waals surface area contributed by atoms with Crippen molar-refractivity contribution in [3.8, 4) is 6.01 Å². The van der Waals surface area contributed by atoms with Crippen LogP contribution in [0.4, 0.5) is 11.9 Å². The summed E-state index contributed by atoms with van der Waals surface area (Å²) >= 11 is 0. The van der Waals surface area contributed by atoms with Crippen LogP contribution >= 0.6 is 0 Å². The van der Waals surface area contributed by atoms with Crippen LogP contribution in [0.25, 0.3) is 0 Å². The Morgan fingerprint density at radius 2 is 2.18 bits per heavy atom. The van der Waals surface area contributed by atoms with E-state index in [1.807, 2.05) is 14.1 Å². The van der Waals surface area contributed by atoms with E-state index in [0.717, 1.165) is 0 Å². The van der Waals surface area contributed by atoms with E-state index in [9.17, 15) is 0 Å². The molecule has 0 unspecified atom stereocenters. The first-order chi connectivity index (χ1) is 8.15. The van der Waals surface area contributed by atoms with E-state index in [4.69, 9.17) is 14.9 Å². The molecule has 0 saturated heterocycles. The molecule has 0 amide bonds. The van der Waals surface area contributed by atoms with E-state index in [0.29, 0.717) is 11.7 Å². The minimum absolute atomic E-state index is 0.123. The van der Waals surface area contributed by atoms with Gasteiger partial charge in [0.1, 0.15) is 12.4 Å². The van der Waals surface area contributed by atoms with Crippen LogP contribution in [0.1, 0.15) is 5.76 Å². The summed E-state index contributed by atoms with van der Waals surface area (Å²) in [5, 5.41) is 0. The Bertz CT molecular complexity index is 483. The highest BCUT2D eigenvalue weighted by Crippen LogP contribution is 2.12. The van der Waals surface area contributed by atoms with E-state index in [1.54, 1.807) is 23.3 Å². The number of aromatic nitrogens is 3. The number of furan rings is 1. The molecule has 0 spiro atoms. The third-order valence-electron chi connectivity index (χ3n) is 1.94. The number of ether oxygens (including phenoxy) is 1. The Balaban J connectivity index is 2.10. The average molecular weight is 235 g/mol. The van der Waals surface area contributed by atoms with Gasteiger partial charge < -0.3 is 19.8 Å². The summed E-state index contributed by atoms with van der Waals surface area (Å²) in [7, 11) is 3.62. The van der Waals surface area contributed by atoms with Crippen LogP contribution < -0.4 is 15.4 Å². The molecule has 17 heavy (non-hydrogen) atoms. The van der Waals surface area contributed by atoms with Crippen molar-refractivity contribution in [1.82, 2.24) is 15.0 Å². The lowest BCUT2D eigenvalue weighted by molar-refractivity contribution is 0.250. The summed E-state index contributed by atoms with van der Waals surface area (Å²) in [6.45, 7) is 0.253. The molecule has 2 heterocycles. The van der Waals surface area contributed by atoms with Gasteiger partial charge in [-0.05, 0) is 12.1 Å². The topological polar surface area (TPSA) is 90.3 Å². The van der Waals surface area contributed by atoms with Gasteiger partial charge in [0.05, 0.1) is 6.26 Å². The molecule has 0 aromatic carbocycles. The largest absolute Gasteiger partial charge is 0.466 e. The van der Waals surface area contributed by atoms with Gasteiger partial charge in [0.25, 0.3) is 0 Å². The molecule has 0 saturated carbocycles. The minimum atomic E-state index is 0.123. The highest BCUT2D eigenvalue weighted by molar-refractivity contribution is 5.33. The van der Waals surface area contributed by atoms with Crippen molar-refractivity contribution in [3.63, 3.8) is 0 Å². The van der Waals surface area contributed by atoms with Gasteiger partial charge in [-0.3, -0.25) is 0 Å². The van der Waals surface area contributed by atoms with Crippen molar-refractivity contribution in [2.75, 3.05) is 24.7 Å². The number of hydrogen-bond donors (Lipinski definition) is 1. The van der Waals surface area contributed by atoms with Crippen LogP contribution in [0.2, 0.25) is 0 Å². The van der Waals surface area contributed by atoms with E-state index in [1.165, 1.54) is 0 Å². The monoisotopic (exact) mass is 235 g/mol. The lowest BCUT2D eigenvalue weighted by Gasteiger charge is -2.11. The zero-order valence-corrected chi connectivity index (χ0v) is 9.62. The number of hydrogen-bond acceptors (Lipinski definition) is 7. The normalized spacial score (nSPS) is 10.2. The van der Waals surface area contributed by atoms with Crippen molar-refractivity contribution in [1.29, 1.82) is 0 Å². The van der Waals surface area contributed by atoms with Crippen LogP contribution in [-0.2, 0) is 6.61 Å². The Morgan fingerprint density at radius 1 is 1.35 bits per heavy atom. The summed E-state index contributed by atoms with van der Waals surface area (Å²) in [6.07, 6.45) is 1.58. The second-order valence-electron chi connectivity index (χ2n) is 3.54. The summed E-state index contributed by atoms with van der Waals surface area (Å²) in [4.78, 5) is 13.6. The number of nitrogens with two attached hydrogens (primary N) is 1. The summed E-state index contributed by atoms with van der Waals surface area (Å²) < 4.78 is 10.5. The number of nitrogens with zero attached hydrogens (tertiary/aromatic N) is 4. The van der Waals surface area contributed by atoms with Crippen molar-refractivity contribution < 1.29 is 9.15 Å². The first kappa shape index (κ1) is 11.2. The lowest BCUT2D eigenvalue weighted by Crippen LogP contribution is -2.15. The van der Waals surface area contributed by atoms with Gasteiger partial charge >= 0.3 is 6.01 Å². The second-order valence-corrected chi connectivity index (χ2v) is 3.54. The Labute approximate surface area is 98.2 Å². The lowest BCUT2D eigenvalue weighted by atomic mass is 10.5. The van der Waals surface area contributed by atoms with Crippen molar-refractivity contribution >= 4 is 11.9 Å². The third kappa shape index (κ3) is 2.83. The third-order valence-corrected chi connectivity index (χ3v) is 1.94. The van der Waals surface area contributed by atoms with Crippen LogP contribution in [0.3, 0.4) is 0 Å². The van der Waals surface area contributed by atoms with E-state index >= 15 is 0 Å². The number of nitrogen functional groups attached to an aromatic ring is 1. The zero-order chi connectivity index (χ0) is 12.3. The van der Waals surface area contributed by atoms with Crippen molar-refractivity contribution in [2.24, 2.45) is 0 Å². The van der Waals surface area contributed by atoms with Crippen molar-refractivity contribution in [3.05, 3.63) is 24.2 Å². The minimum Gasteiger partial charge on any atom is -0.466 e. The highest BCUT2D eigenvalue weighted by atomic mass is 16.5. The molecule has 0 aliphatic heterocycles. The molecule has 0 aliphatic rings. The maximum absolute atomic E-state index is 5.55. The molecular weight excluding hydrogens is 222 g/mol. The predicted octanol–water partition coefficient (Wildman–Crippen LogP) is 0.692. The molecule has 7 nitrogen and oxygen atoms in total. The van der Waals surface area contributed by atoms with Crippen molar-refractivity contribution in [2.45, 2.75) is 6.61 Å². The van der Waals surface area contributed by atoms with Gasteiger partial charge in [0.15, 0.2) is 0 Å². The fraction of sp³-hybridized carbons (Fsp3) is 0.300. The van der Waals surface area contributed by atoms with Crippen LogP contribution in [0.5, 0.6) is 6.01 Å². The highest BCUT2D eigenvalue weighted by Gasteiger charge is 2.07. The quantitative estimate of drug-likeness (QED) is 0.833. The summed E-state index contributed by atoms with van der Waals surface area (Å²) in [5.41, 5.74) is 5.55. The van der Waals surface area contributed by atoms with Gasteiger partial charge in [-0.2, -0.15) is 15.0 Å². The van der Waals surface area contributed by atoms with Crippen LogP contribution in [0, 0.1) is 0 Å². The molecule has 7 heteroatoms. The number of rotatable bonds is 4. The Morgan fingerprint density at radius 3 is 2.82 bits per heavy atom. The SMILES string of the molecule is CN(C)c1nc(N)nc(OCc2ccco2)n1. The maximum atomic E-state index is 5.55. The van der Waals surface area contributed by atoms with Gasteiger partial charge in [-0.15, -0.1) is 0 Å². The number of anilines is 2. The molecule has 2 aromatic rings. The van der Waals surface area contributed by atoms with Gasteiger partial charge in [0, 0.05) is 14.1 Å². The van der Waals surface area contributed by atoms with E-state index < -0.39 is 0 Å². The van der Waals surface area contributed by atoms with Crippen LogP contribution in [0.15, 0.2) is 22.8 Å². The average Bonchev–Trinajstić information content (AvgIpc) is 2.78. The Kier molecular flexibility index (Phi) is 3.08.